The zero-order chi connectivity index (χ0) is 15.8. The number of likely N-dealkylation sites (tertiary alicyclic amines) is 1. The predicted octanol–water partition coefficient (Wildman–Crippen LogP) is 0.124. The lowest BCUT2D eigenvalue weighted by molar-refractivity contribution is -0.154. The summed E-state index contributed by atoms with van der Waals surface area (Å²) >= 11 is 0. The molecule has 0 aromatic rings. The van der Waals surface area contributed by atoms with E-state index in [4.69, 9.17) is 0 Å². The molecule has 2 heterocycles. The fraction of sp³-hybridized carbons (Fsp3) is 0.846. The van der Waals surface area contributed by atoms with Gasteiger partial charge in [0, 0.05) is 19.6 Å². The van der Waals surface area contributed by atoms with Crippen molar-refractivity contribution in [2.24, 2.45) is 5.41 Å². The summed E-state index contributed by atoms with van der Waals surface area (Å²) in [5.41, 5.74) is -0.942. The second kappa shape index (κ2) is 5.57. The molecule has 2 fully saturated rings. The Balaban J connectivity index is 2.14. The van der Waals surface area contributed by atoms with Crippen molar-refractivity contribution in [3.05, 3.63) is 0 Å². The van der Waals surface area contributed by atoms with Gasteiger partial charge < -0.3 is 10.0 Å². The van der Waals surface area contributed by atoms with Crippen LogP contribution in [-0.2, 0) is 19.6 Å². The SMILES string of the molecule is CC1(C(=O)O)CCCN(C(=O)C2CCCN2S(C)(=O)=O)C1. The average molecular weight is 318 g/mol. The number of rotatable bonds is 3. The van der Waals surface area contributed by atoms with E-state index in [0.29, 0.717) is 38.8 Å². The maximum atomic E-state index is 12.6. The molecule has 1 N–H and O–H groups in total. The quantitative estimate of drug-likeness (QED) is 0.798. The number of carboxylic acids is 1. The molecule has 2 rings (SSSR count). The fourth-order valence-corrected chi connectivity index (χ4v) is 4.32. The average Bonchev–Trinajstić information content (AvgIpc) is 2.86. The van der Waals surface area contributed by atoms with Crippen LogP contribution >= 0.6 is 0 Å². The summed E-state index contributed by atoms with van der Waals surface area (Å²) in [6.45, 7) is 2.64. The number of hydrogen-bond acceptors (Lipinski definition) is 4. The van der Waals surface area contributed by atoms with Crippen molar-refractivity contribution in [1.82, 2.24) is 9.21 Å². The highest BCUT2D eigenvalue weighted by atomic mass is 32.2. The molecule has 0 spiro atoms. The van der Waals surface area contributed by atoms with Crippen LogP contribution in [-0.4, -0.2) is 66.5 Å². The van der Waals surface area contributed by atoms with Crippen molar-refractivity contribution >= 4 is 21.9 Å². The van der Waals surface area contributed by atoms with E-state index in [9.17, 15) is 23.1 Å². The van der Waals surface area contributed by atoms with Crippen molar-refractivity contribution in [3.63, 3.8) is 0 Å². The summed E-state index contributed by atoms with van der Waals surface area (Å²) < 4.78 is 24.7. The first-order valence-electron chi connectivity index (χ1n) is 7.14. The Morgan fingerprint density at radius 3 is 2.48 bits per heavy atom. The Kier molecular flexibility index (Phi) is 4.30. The molecule has 21 heavy (non-hydrogen) atoms. The molecule has 2 unspecified atom stereocenters. The van der Waals surface area contributed by atoms with E-state index < -0.39 is 27.4 Å². The fourth-order valence-electron chi connectivity index (χ4n) is 3.20. The number of amides is 1. The molecule has 2 saturated heterocycles. The number of nitrogens with zero attached hydrogens (tertiary/aromatic N) is 2. The first-order valence-corrected chi connectivity index (χ1v) is 8.99. The van der Waals surface area contributed by atoms with Crippen molar-refractivity contribution in [1.29, 1.82) is 0 Å². The topological polar surface area (TPSA) is 95.0 Å². The zero-order valence-corrected chi connectivity index (χ0v) is 13.2. The highest BCUT2D eigenvalue weighted by Gasteiger charge is 2.44. The van der Waals surface area contributed by atoms with Crippen LogP contribution in [0.3, 0.4) is 0 Å². The molecule has 0 radical (unpaired) electrons. The summed E-state index contributed by atoms with van der Waals surface area (Å²) in [7, 11) is -3.41. The third-order valence-electron chi connectivity index (χ3n) is 4.44. The summed E-state index contributed by atoms with van der Waals surface area (Å²) in [5, 5.41) is 9.30. The maximum absolute atomic E-state index is 12.6. The van der Waals surface area contributed by atoms with Crippen LogP contribution in [0.2, 0.25) is 0 Å². The van der Waals surface area contributed by atoms with Crippen molar-refractivity contribution in [2.45, 2.75) is 38.6 Å². The molecule has 2 aliphatic heterocycles. The van der Waals surface area contributed by atoms with E-state index in [1.165, 1.54) is 9.21 Å². The number of sulfonamides is 1. The van der Waals surface area contributed by atoms with Crippen molar-refractivity contribution < 1.29 is 23.1 Å². The van der Waals surface area contributed by atoms with E-state index in [1.807, 2.05) is 0 Å². The van der Waals surface area contributed by atoms with Gasteiger partial charge in [-0.25, -0.2) is 8.42 Å². The second-order valence-electron chi connectivity index (χ2n) is 6.26. The van der Waals surface area contributed by atoms with Gasteiger partial charge in [-0.1, -0.05) is 0 Å². The van der Waals surface area contributed by atoms with Crippen LogP contribution < -0.4 is 0 Å². The highest BCUT2D eigenvalue weighted by molar-refractivity contribution is 7.88. The Morgan fingerprint density at radius 1 is 1.24 bits per heavy atom. The van der Waals surface area contributed by atoms with Gasteiger partial charge in [0.15, 0.2) is 0 Å². The van der Waals surface area contributed by atoms with E-state index in [1.54, 1.807) is 6.92 Å². The van der Waals surface area contributed by atoms with E-state index in [2.05, 4.69) is 0 Å². The van der Waals surface area contributed by atoms with Gasteiger partial charge in [0.1, 0.15) is 6.04 Å². The number of piperidine rings is 1. The first-order chi connectivity index (χ1) is 9.65. The molecule has 0 bridgehead atoms. The predicted molar refractivity (Wildman–Crippen MR) is 76.1 cm³/mol. The number of aliphatic carboxylic acids is 1. The Labute approximate surface area is 125 Å². The zero-order valence-electron chi connectivity index (χ0n) is 12.4. The van der Waals surface area contributed by atoms with Crippen LogP contribution in [0.15, 0.2) is 0 Å². The smallest absolute Gasteiger partial charge is 0.311 e. The molecular weight excluding hydrogens is 296 g/mol. The lowest BCUT2D eigenvalue weighted by atomic mass is 9.82. The maximum Gasteiger partial charge on any atom is 0.311 e. The summed E-state index contributed by atoms with van der Waals surface area (Å²) in [6, 6.07) is -0.670. The van der Waals surface area contributed by atoms with Crippen LogP contribution in [0.4, 0.5) is 0 Å². The van der Waals surface area contributed by atoms with E-state index in [-0.39, 0.29) is 12.5 Å². The first kappa shape index (κ1) is 16.2. The van der Waals surface area contributed by atoms with Crippen LogP contribution in [0.25, 0.3) is 0 Å². The number of hydrogen-bond donors (Lipinski definition) is 1. The minimum atomic E-state index is -3.41. The number of carbonyl (C=O) groups excluding carboxylic acids is 1. The van der Waals surface area contributed by atoms with Gasteiger partial charge in [0.25, 0.3) is 0 Å². The molecule has 0 saturated carbocycles. The van der Waals surface area contributed by atoms with Gasteiger partial charge in [-0.05, 0) is 32.6 Å². The third-order valence-corrected chi connectivity index (χ3v) is 5.73. The standard InChI is InChI=1S/C13H22N2O5S/c1-13(12(17)18)6-4-7-14(9-13)11(16)10-5-3-8-15(10)21(2,19)20/h10H,3-9H2,1-2H3,(H,17,18). The highest BCUT2D eigenvalue weighted by Crippen LogP contribution is 2.31. The van der Waals surface area contributed by atoms with E-state index in [0.717, 1.165) is 6.26 Å². The monoisotopic (exact) mass is 318 g/mol. The third kappa shape index (κ3) is 3.21. The summed E-state index contributed by atoms with van der Waals surface area (Å²) in [6.07, 6.45) is 3.43. The molecule has 2 atom stereocenters. The Bertz CT molecular complexity index is 547. The van der Waals surface area contributed by atoms with Crippen LogP contribution in [0.1, 0.15) is 32.6 Å². The van der Waals surface area contributed by atoms with Gasteiger partial charge >= 0.3 is 5.97 Å². The second-order valence-corrected chi connectivity index (χ2v) is 8.20. The van der Waals surface area contributed by atoms with Gasteiger partial charge in [0.2, 0.25) is 15.9 Å². The molecule has 7 nitrogen and oxygen atoms in total. The molecule has 120 valence electrons. The summed E-state index contributed by atoms with van der Waals surface area (Å²) in [4.78, 5) is 25.5. The minimum Gasteiger partial charge on any atom is -0.481 e. The Morgan fingerprint density at radius 2 is 1.90 bits per heavy atom. The van der Waals surface area contributed by atoms with Gasteiger partial charge in [-0.15, -0.1) is 0 Å². The van der Waals surface area contributed by atoms with E-state index >= 15 is 0 Å². The summed E-state index contributed by atoms with van der Waals surface area (Å²) in [5.74, 6) is -1.17. The van der Waals surface area contributed by atoms with Gasteiger partial charge in [0.05, 0.1) is 11.7 Å². The van der Waals surface area contributed by atoms with Crippen molar-refractivity contribution in [3.8, 4) is 0 Å². The number of carboxylic acid groups (broad SMARTS) is 1. The van der Waals surface area contributed by atoms with Crippen molar-refractivity contribution in [2.75, 3.05) is 25.9 Å². The normalized spacial score (nSPS) is 31.3. The lowest BCUT2D eigenvalue weighted by Gasteiger charge is -2.39. The molecule has 8 heteroatoms. The van der Waals surface area contributed by atoms with Gasteiger partial charge in [-0.3, -0.25) is 9.59 Å². The molecule has 2 aliphatic rings. The molecular formula is C13H22N2O5S. The molecule has 0 aliphatic carbocycles. The largest absolute Gasteiger partial charge is 0.481 e. The van der Waals surface area contributed by atoms with Crippen LogP contribution in [0.5, 0.6) is 0 Å². The molecule has 1 amide bonds. The Hall–Kier alpha value is -1.15. The number of carbonyl (C=O) groups is 2. The molecule has 0 aromatic carbocycles. The van der Waals surface area contributed by atoms with Gasteiger partial charge in [-0.2, -0.15) is 4.31 Å². The minimum absolute atomic E-state index is 0.148. The molecule has 0 aromatic heterocycles. The van der Waals surface area contributed by atoms with Crippen LogP contribution in [0, 0.1) is 5.41 Å². The lowest BCUT2D eigenvalue weighted by Crippen LogP contribution is -2.54.